The van der Waals surface area contributed by atoms with Crippen LogP contribution in [-0.4, -0.2) is 38.6 Å². The van der Waals surface area contributed by atoms with Crippen LogP contribution >= 0.6 is 0 Å². The zero-order valence-corrected chi connectivity index (χ0v) is 8.64. The van der Waals surface area contributed by atoms with Crippen LogP contribution in [0.2, 0.25) is 0 Å². The number of piperidine rings is 1. The summed E-state index contributed by atoms with van der Waals surface area (Å²) in [4.78, 5) is 2.29. The Balaban J connectivity index is 2.20. The van der Waals surface area contributed by atoms with Crippen LogP contribution in [0.3, 0.4) is 0 Å². The zero-order valence-electron chi connectivity index (χ0n) is 8.64. The van der Waals surface area contributed by atoms with Crippen molar-refractivity contribution >= 4 is 0 Å². The highest BCUT2D eigenvalue weighted by Crippen LogP contribution is 2.21. The third kappa shape index (κ3) is 3.11. The predicted octanol–water partition coefficient (Wildman–Crippen LogP) is 1.18. The molecule has 1 fully saturated rings. The lowest BCUT2D eigenvalue weighted by Gasteiger charge is -2.30. The predicted molar refractivity (Wildman–Crippen MR) is 53.3 cm³/mol. The molecular formula is C10H22N2. The van der Waals surface area contributed by atoms with E-state index in [2.05, 4.69) is 31.2 Å². The van der Waals surface area contributed by atoms with Gasteiger partial charge in [-0.1, -0.05) is 6.92 Å². The van der Waals surface area contributed by atoms with Gasteiger partial charge in [-0.05, 0) is 58.4 Å². The number of nitrogens with one attached hydrogen (secondary N) is 1. The lowest BCUT2D eigenvalue weighted by atomic mass is 9.85. The van der Waals surface area contributed by atoms with Crippen molar-refractivity contribution < 1.29 is 0 Å². The van der Waals surface area contributed by atoms with E-state index in [1.807, 2.05) is 0 Å². The van der Waals surface area contributed by atoms with Crippen molar-refractivity contribution in [3.8, 4) is 0 Å². The maximum atomic E-state index is 3.44. The number of hydrogen-bond acceptors (Lipinski definition) is 2. The van der Waals surface area contributed by atoms with Crippen LogP contribution < -0.4 is 5.32 Å². The van der Waals surface area contributed by atoms with Gasteiger partial charge in [0.1, 0.15) is 0 Å². The molecule has 12 heavy (non-hydrogen) atoms. The van der Waals surface area contributed by atoms with Crippen molar-refractivity contribution in [2.24, 2.45) is 11.8 Å². The van der Waals surface area contributed by atoms with E-state index in [9.17, 15) is 0 Å². The van der Waals surface area contributed by atoms with E-state index < -0.39 is 0 Å². The van der Waals surface area contributed by atoms with E-state index in [4.69, 9.17) is 0 Å². The Morgan fingerprint density at radius 2 is 2.17 bits per heavy atom. The molecule has 1 saturated heterocycles. The van der Waals surface area contributed by atoms with E-state index >= 15 is 0 Å². The van der Waals surface area contributed by atoms with Gasteiger partial charge in [-0.25, -0.2) is 0 Å². The highest BCUT2D eigenvalue weighted by molar-refractivity contribution is 4.75. The van der Waals surface area contributed by atoms with Crippen LogP contribution in [0, 0.1) is 11.8 Å². The molecule has 0 radical (unpaired) electrons. The van der Waals surface area contributed by atoms with Crippen LogP contribution in [0.4, 0.5) is 0 Å². The first-order valence-electron chi connectivity index (χ1n) is 5.05. The zero-order chi connectivity index (χ0) is 8.97. The molecule has 1 heterocycles. The summed E-state index contributed by atoms with van der Waals surface area (Å²) in [7, 11) is 4.32. The number of hydrogen-bond donors (Lipinski definition) is 1. The van der Waals surface area contributed by atoms with Gasteiger partial charge in [-0.3, -0.25) is 0 Å². The van der Waals surface area contributed by atoms with Gasteiger partial charge in [-0.15, -0.1) is 0 Å². The standard InChI is InChI=1S/C10H22N2/c1-9-8-11-6-4-10(9)5-7-12(2)3/h9-11H,4-8H2,1-3H3. The Labute approximate surface area is 76.3 Å². The SMILES string of the molecule is CC1CNCCC1CCN(C)C. The summed E-state index contributed by atoms with van der Waals surface area (Å²) < 4.78 is 0. The van der Waals surface area contributed by atoms with Gasteiger partial charge in [0.05, 0.1) is 0 Å². The third-order valence-electron chi connectivity index (χ3n) is 2.91. The second-order valence-corrected chi connectivity index (χ2v) is 4.32. The van der Waals surface area contributed by atoms with E-state index in [1.54, 1.807) is 0 Å². The first-order chi connectivity index (χ1) is 5.70. The molecule has 0 amide bonds. The van der Waals surface area contributed by atoms with Crippen molar-refractivity contribution in [2.75, 3.05) is 33.7 Å². The minimum atomic E-state index is 0.874. The minimum Gasteiger partial charge on any atom is -0.316 e. The Hall–Kier alpha value is -0.0800. The van der Waals surface area contributed by atoms with Crippen molar-refractivity contribution in [2.45, 2.75) is 19.8 Å². The number of nitrogens with zero attached hydrogens (tertiary/aromatic N) is 1. The first kappa shape index (κ1) is 10.0. The van der Waals surface area contributed by atoms with Gasteiger partial charge in [0, 0.05) is 0 Å². The smallest absolute Gasteiger partial charge is 0.00205 e. The molecule has 0 bridgehead atoms. The van der Waals surface area contributed by atoms with Gasteiger partial charge in [0.2, 0.25) is 0 Å². The molecule has 0 aromatic rings. The van der Waals surface area contributed by atoms with Crippen molar-refractivity contribution in [1.29, 1.82) is 0 Å². The maximum Gasteiger partial charge on any atom is -0.00205 e. The van der Waals surface area contributed by atoms with Gasteiger partial charge in [0.15, 0.2) is 0 Å². The largest absolute Gasteiger partial charge is 0.316 e. The van der Waals surface area contributed by atoms with Gasteiger partial charge in [0.25, 0.3) is 0 Å². The summed E-state index contributed by atoms with van der Waals surface area (Å²) in [6.07, 6.45) is 2.74. The summed E-state index contributed by atoms with van der Waals surface area (Å²) in [5.74, 6) is 1.83. The quantitative estimate of drug-likeness (QED) is 0.684. The van der Waals surface area contributed by atoms with Gasteiger partial charge >= 0.3 is 0 Å². The Morgan fingerprint density at radius 1 is 1.42 bits per heavy atom. The summed E-state index contributed by atoms with van der Waals surface area (Å²) in [5, 5.41) is 3.44. The van der Waals surface area contributed by atoms with Crippen LogP contribution in [0.15, 0.2) is 0 Å². The molecule has 1 rings (SSSR count). The monoisotopic (exact) mass is 170 g/mol. The fourth-order valence-corrected chi connectivity index (χ4v) is 1.92. The molecule has 72 valence electrons. The molecule has 0 spiro atoms. The second-order valence-electron chi connectivity index (χ2n) is 4.32. The lowest BCUT2D eigenvalue weighted by Crippen LogP contribution is -2.36. The lowest BCUT2D eigenvalue weighted by molar-refractivity contribution is 0.233. The van der Waals surface area contributed by atoms with Crippen LogP contribution in [0.25, 0.3) is 0 Å². The molecule has 2 atom stereocenters. The summed E-state index contributed by atoms with van der Waals surface area (Å²) >= 11 is 0. The Kier molecular flexibility index (Phi) is 4.02. The molecular weight excluding hydrogens is 148 g/mol. The molecule has 0 saturated carbocycles. The second kappa shape index (κ2) is 4.83. The van der Waals surface area contributed by atoms with Gasteiger partial charge in [-0.2, -0.15) is 0 Å². The van der Waals surface area contributed by atoms with Crippen molar-refractivity contribution in [1.82, 2.24) is 10.2 Å². The fourth-order valence-electron chi connectivity index (χ4n) is 1.92. The highest BCUT2D eigenvalue weighted by Gasteiger charge is 2.20. The molecule has 0 aromatic carbocycles. The highest BCUT2D eigenvalue weighted by atomic mass is 15.0. The average Bonchev–Trinajstić information content (AvgIpc) is 2.03. The number of rotatable bonds is 3. The molecule has 1 N–H and O–H groups in total. The van der Waals surface area contributed by atoms with E-state index in [0.717, 1.165) is 11.8 Å². The molecule has 1 aliphatic rings. The maximum absolute atomic E-state index is 3.44. The van der Waals surface area contributed by atoms with Crippen LogP contribution in [0.1, 0.15) is 19.8 Å². The third-order valence-corrected chi connectivity index (χ3v) is 2.91. The molecule has 0 aliphatic carbocycles. The fraction of sp³-hybridized carbons (Fsp3) is 1.00. The average molecular weight is 170 g/mol. The molecule has 1 aliphatic heterocycles. The topological polar surface area (TPSA) is 15.3 Å². The summed E-state index contributed by atoms with van der Waals surface area (Å²) in [6, 6.07) is 0. The van der Waals surface area contributed by atoms with Gasteiger partial charge < -0.3 is 10.2 Å². The van der Waals surface area contributed by atoms with Crippen LogP contribution in [-0.2, 0) is 0 Å². The molecule has 2 nitrogen and oxygen atoms in total. The molecule has 2 heteroatoms. The molecule has 0 aromatic heterocycles. The minimum absolute atomic E-state index is 0.874. The summed E-state index contributed by atoms with van der Waals surface area (Å²) in [6.45, 7) is 6.06. The van der Waals surface area contributed by atoms with Crippen molar-refractivity contribution in [3.63, 3.8) is 0 Å². The Morgan fingerprint density at radius 3 is 2.75 bits per heavy atom. The molecule has 2 unspecified atom stereocenters. The first-order valence-corrected chi connectivity index (χ1v) is 5.05. The van der Waals surface area contributed by atoms with E-state index in [0.29, 0.717) is 0 Å². The van der Waals surface area contributed by atoms with Crippen molar-refractivity contribution in [3.05, 3.63) is 0 Å². The summed E-state index contributed by atoms with van der Waals surface area (Å²) in [5.41, 5.74) is 0. The van der Waals surface area contributed by atoms with E-state index in [-0.39, 0.29) is 0 Å². The Bertz CT molecular complexity index is 123. The van der Waals surface area contributed by atoms with Crippen LogP contribution in [0.5, 0.6) is 0 Å². The normalized spacial score (nSPS) is 31.0. The van der Waals surface area contributed by atoms with E-state index in [1.165, 1.54) is 32.5 Å².